The van der Waals surface area contributed by atoms with Gasteiger partial charge < -0.3 is 14.4 Å². The van der Waals surface area contributed by atoms with Gasteiger partial charge in [-0.15, -0.1) is 0 Å². The normalized spacial score (nSPS) is 14.8. The number of hydrogen-bond acceptors (Lipinski definition) is 5. The molecule has 1 aliphatic heterocycles. The topological polar surface area (TPSA) is 47.5 Å². The quantitative estimate of drug-likeness (QED) is 0.849. The van der Waals surface area contributed by atoms with E-state index >= 15 is 0 Å². The molecule has 0 aliphatic carbocycles. The molecule has 0 radical (unpaired) electrons. The van der Waals surface area contributed by atoms with Crippen LogP contribution in [0.1, 0.15) is 19.0 Å². The average Bonchev–Trinajstić information content (AvgIpc) is 2.62. The number of benzene rings is 1. The second-order valence-corrected chi connectivity index (χ2v) is 5.63. The lowest BCUT2D eigenvalue weighted by Crippen LogP contribution is -2.37. The van der Waals surface area contributed by atoms with Gasteiger partial charge in [-0.2, -0.15) is 0 Å². The van der Waals surface area contributed by atoms with E-state index in [1.54, 1.807) is 7.11 Å². The molecule has 1 aromatic carbocycles. The molecule has 0 N–H and O–H groups in total. The van der Waals surface area contributed by atoms with Crippen molar-refractivity contribution in [1.82, 2.24) is 9.97 Å². The van der Waals surface area contributed by atoms with Crippen LogP contribution in [0.3, 0.4) is 0 Å². The highest BCUT2D eigenvalue weighted by Crippen LogP contribution is 2.25. The van der Waals surface area contributed by atoms with Gasteiger partial charge >= 0.3 is 0 Å². The smallest absolute Gasteiger partial charge is 0.226 e. The molecule has 0 spiro atoms. The van der Waals surface area contributed by atoms with Gasteiger partial charge in [0.05, 0.1) is 26.0 Å². The first-order valence-electron chi connectivity index (χ1n) is 8.15. The molecule has 2 heterocycles. The van der Waals surface area contributed by atoms with Crippen molar-refractivity contribution in [3.8, 4) is 17.0 Å². The Kier molecular flexibility index (Phi) is 5.08. The first kappa shape index (κ1) is 15.7. The molecular formula is C18H23N3O2. The minimum absolute atomic E-state index is 0.732. The summed E-state index contributed by atoms with van der Waals surface area (Å²) in [7, 11) is 1.68. The Morgan fingerprint density at radius 2 is 2.00 bits per heavy atom. The third kappa shape index (κ3) is 3.79. The van der Waals surface area contributed by atoms with Crippen molar-refractivity contribution >= 4 is 5.95 Å². The Morgan fingerprint density at radius 3 is 2.74 bits per heavy atom. The maximum atomic E-state index is 5.43. The molecule has 23 heavy (non-hydrogen) atoms. The van der Waals surface area contributed by atoms with Gasteiger partial charge in [0, 0.05) is 24.3 Å². The monoisotopic (exact) mass is 313 g/mol. The van der Waals surface area contributed by atoms with Crippen molar-refractivity contribution in [3.05, 3.63) is 36.0 Å². The molecule has 5 heteroatoms. The third-order valence-electron chi connectivity index (χ3n) is 3.93. The van der Waals surface area contributed by atoms with Gasteiger partial charge in [-0.05, 0) is 24.6 Å². The van der Waals surface area contributed by atoms with Crippen LogP contribution in [0.15, 0.2) is 30.3 Å². The van der Waals surface area contributed by atoms with Crippen LogP contribution in [0, 0.1) is 0 Å². The molecule has 0 amide bonds. The molecule has 0 bridgehead atoms. The van der Waals surface area contributed by atoms with Gasteiger partial charge in [0.2, 0.25) is 5.95 Å². The van der Waals surface area contributed by atoms with Crippen molar-refractivity contribution in [3.63, 3.8) is 0 Å². The number of ether oxygens (including phenoxy) is 2. The largest absolute Gasteiger partial charge is 0.497 e. The number of morpholine rings is 1. The van der Waals surface area contributed by atoms with E-state index in [1.807, 2.05) is 18.2 Å². The maximum absolute atomic E-state index is 5.43. The van der Waals surface area contributed by atoms with Crippen molar-refractivity contribution < 1.29 is 9.47 Å². The van der Waals surface area contributed by atoms with E-state index in [-0.39, 0.29) is 0 Å². The van der Waals surface area contributed by atoms with Crippen molar-refractivity contribution in [2.24, 2.45) is 0 Å². The number of methoxy groups -OCH3 is 1. The van der Waals surface area contributed by atoms with E-state index in [0.29, 0.717) is 0 Å². The minimum atomic E-state index is 0.732. The highest BCUT2D eigenvalue weighted by atomic mass is 16.5. The highest BCUT2D eigenvalue weighted by molar-refractivity contribution is 5.63. The van der Waals surface area contributed by atoms with Gasteiger partial charge in [-0.1, -0.05) is 25.5 Å². The number of aromatic nitrogens is 2. The van der Waals surface area contributed by atoms with Gasteiger partial charge in [-0.3, -0.25) is 0 Å². The summed E-state index contributed by atoms with van der Waals surface area (Å²) in [6, 6.07) is 10.1. The van der Waals surface area contributed by atoms with Crippen LogP contribution in [0.25, 0.3) is 11.3 Å². The fraction of sp³-hybridized carbons (Fsp3) is 0.444. The van der Waals surface area contributed by atoms with Gasteiger partial charge in [-0.25, -0.2) is 9.97 Å². The second-order valence-electron chi connectivity index (χ2n) is 5.63. The first-order valence-corrected chi connectivity index (χ1v) is 8.15. The summed E-state index contributed by atoms with van der Waals surface area (Å²) in [6.45, 7) is 5.31. The van der Waals surface area contributed by atoms with Gasteiger partial charge in [0.15, 0.2) is 0 Å². The Bertz CT molecular complexity index is 654. The standard InChI is InChI=1S/C18H23N3O2/c1-3-5-15-13-17(14-6-4-7-16(12-14)22-2)20-18(19-15)21-8-10-23-11-9-21/h4,6-7,12-13H,3,5,8-11H2,1-2H3. The van der Waals surface area contributed by atoms with Crippen LogP contribution in [0.2, 0.25) is 0 Å². The van der Waals surface area contributed by atoms with E-state index in [1.165, 1.54) is 0 Å². The fourth-order valence-electron chi connectivity index (χ4n) is 2.70. The number of nitrogens with zero attached hydrogens (tertiary/aromatic N) is 3. The molecule has 0 atom stereocenters. The third-order valence-corrected chi connectivity index (χ3v) is 3.93. The van der Waals surface area contributed by atoms with Crippen LogP contribution in [-0.2, 0) is 11.2 Å². The molecule has 122 valence electrons. The van der Waals surface area contributed by atoms with E-state index in [2.05, 4.69) is 24.0 Å². The van der Waals surface area contributed by atoms with Crippen LogP contribution in [0.4, 0.5) is 5.95 Å². The predicted molar refractivity (Wildman–Crippen MR) is 91.0 cm³/mol. The van der Waals surface area contributed by atoms with Crippen LogP contribution in [0.5, 0.6) is 5.75 Å². The number of anilines is 1. The lowest BCUT2D eigenvalue weighted by Gasteiger charge is -2.27. The van der Waals surface area contributed by atoms with Crippen LogP contribution < -0.4 is 9.64 Å². The lowest BCUT2D eigenvalue weighted by molar-refractivity contribution is 0.122. The average molecular weight is 313 g/mol. The maximum Gasteiger partial charge on any atom is 0.226 e. The summed E-state index contributed by atoms with van der Waals surface area (Å²) < 4.78 is 10.8. The second kappa shape index (κ2) is 7.42. The number of hydrogen-bond donors (Lipinski definition) is 0. The first-order chi connectivity index (χ1) is 11.3. The molecule has 1 fully saturated rings. The van der Waals surface area contributed by atoms with Crippen molar-refractivity contribution in [2.75, 3.05) is 38.3 Å². The molecular weight excluding hydrogens is 290 g/mol. The summed E-state index contributed by atoms with van der Waals surface area (Å²) in [5, 5.41) is 0. The van der Waals surface area contributed by atoms with Crippen molar-refractivity contribution in [2.45, 2.75) is 19.8 Å². The van der Waals surface area contributed by atoms with Gasteiger partial charge in [0.1, 0.15) is 5.75 Å². The van der Waals surface area contributed by atoms with E-state index < -0.39 is 0 Å². The van der Waals surface area contributed by atoms with Gasteiger partial charge in [0.25, 0.3) is 0 Å². The molecule has 1 aliphatic rings. The lowest BCUT2D eigenvalue weighted by atomic mass is 10.1. The van der Waals surface area contributed by atoms with E-state index in [4.69, 9.17) is 19.4 Å². The Labute approximate surface area is 137 Å². The fourth-order valence-corrected chi connectivity index (χ4v) is 2.70. The SMILES string of the molecule is CCCc1cc(-c2cccc(OC)c2)nc(N2CCOCC2)n1. The molecule has 3 rings (SSSR count). The Morgan fingerprint density at radius 1 is 1.17 bits per heavy atom. The molecule has 5 nitrogen and oxygen atoms in total. The minimum Gasteiger partial charge on any atom is -0.497 e. The summed E-state index contributed by atoms with van der Waals surface area (Å²) in [5.41, 5.74) is 3.09. The molecule has 2 aromatic rings. The summed E-state index contributed by atoms with van der Waals surface area (Å²) in [4.78, 5) is 11.7. The van der Waals surface area contributed by atoms with E-state index in [9.17, 15) is 0 Å². The van der Waals surface area contributed by atoms with Crippen molar-refractivity contribution in [1.29, 1.82) is 0 Å². The number of rotatable bonds is 5. The molecule has 0 saturated carbocycles. The zero-order chi connectivity index (χ0) is 16.1. The Balaban J connectivity index is 1.99. The van der Waals surface area contributed by atoms with Crippen LogP contribution >= 0.6 is 0 Å². The summed E-state index contributed by atoms with van der Waals surface area (Å²) >= 11 is 0. The van der Waals surface area contributed by atoms with E-state index in [0.717, 1.165) is 67.8 Å². The summed E-state index contributed by atoms with van der Waals surface area (Å²) in [6.07, 6.45) is 2.02. The molecule has 1 saturated heterocycles. The predicted octanol–water partition coefficient (Wildman–Crippen LogP) is 2.94. The molecule has 0 unspecified atom stereocenters. The number of aryl methyl sites for hydroxylation is 1. The molecule has 1 aromatic heterocycles. The van der Waals surface area contributed by atoms with Crippen LogP contribution in [-0.4, -0.2) is 43.4 Å². The summed E-state index contributed by atoms with van der Waals surface area (Å²) in [5.74, 6) is 1.64. The zero-order valence-electron chi connectivity index (χ0n) is 13.8. The Hall–Kier alpha value is -2.14. The zero-order valence-corrected chi connectivity index (χ0v) is 13.8. The highest BCUT2D eigenvalue weighted by Gasteiger charge is 2.16.